The van der Waals surface area contributed by atoms with Crippen molar-refractivity contribution in [1.82, 2.24) is 5.32 Å². The van der Waals surface area contributed by atoms with Crippen LogP contribution in [-0.2, 0) is 16.4 Å². The van der Waals surface area contributed by atoms with E-state index >= 15 is 0 Å². The molecule has 0 atom stereocenters. The van der Waals surface area contributed by atoms with Gasteiger partial charge < -0.3 is 5.32 Å². The molecule has 26 heavy (non-hydrogen) atoms. The molecule has 0 fully saturated rings. The van der Waals surface area contributed by atoms with E-state index in [9.17, 15) is 13.2 Å². The van der Waals surface area contributed by atoms with Gasteiger partial charge in [0.2, 0.25) is 0 Å². The van der Waals surface area contributed by atoms with Crippen LogP contribution in [0.25, 0.3) is 0 Å². The van der Waals surface area contributed by atoms with Crippen molar-refractivity contribution in [2.75, 3.05) is 11.3 Å². The van der Waals surface area contributed by atoms with Crippen LogP contribution in [0.5, 0.6) is 0 Å². The highest BCUT2D eigenvalue weighted by Crippen LogP contribution is 2.18. The highest BCUT2D eigenvalue weighted by atomic mass is 32.2. The highest BCUT2D eigenvalue weighted by Gasteiger charge is 2.16. The van der Waals surface area contributed by atoms with Gasteiger partial charge in [-0.25, -0.2) is 8.42 Å². The smallest absolute Gasteiger partial charge is 0.261 e. The quantitative estimate of drug-likeness (QED) is 0.737. The van der Waals surface area contributed by atoms with Crippen LogP contribution in [0.2, 0.25) is 0 Å². The van der Waals surface area contributed by atoms with Gasteiger partial charge in [0.25, 0.3) is 15.9 Å². The number of hydrogen-bond donors (Lipinski definition) is 2. The summed E-state index contributed by atoms with van der Waals surface area (Å²) in [6, 6.07) is 13.3. The lowest BCUT2D eigenvalue weighted by molar-refractivity contribution is 0.0952. The van der Waals surface area contributed by atoms with E-state index in [-0.39, 0.29) is 10.8 Å². The minimum atomic E-state index is -3.75. The summed E-state index contributed by atoms with van der Waals surface area (Å²) < 4.78 is 27.7. The van der Waals surface area contributed by atoms with Crippen molar-refractivity contribution >= 4 is 21.6 Å². The van der Waals surface area contributed by atoms with Gasteiger partial charge in [-0.05, 0) is 54.7 Å². The first-order valence-corrected chi connectivity index (χ1v) is 10.3. The molecule has 2 aromatic carbocycles. The van der Waals surface area contributed by atoms with Crippen LogP contribution in [0.1, 0.15) is 43.1 Å². The van der Waals surface area contributed by atoms with Gasteiger partial charge in [-0.2, -0.15) is 0 Å². The Kier molecular flexibility index (Phi) is 6.80. The zero-order valence-electron chi connectivity index (χ0n) is 15.5. The number of amides is 1. The van der Waals surface area contributed by atoms with E-state index in [4.69, 9.17) is 0 Å². The lowest BCUT2D eigenvalue weighted by Gasteiger charge is -2.11. The molecule has 0 aliphatic heterocycles. The van der Waals surface area contributed by atoms with Crippen molar-refractivity contribution in [1.29, 1.82) is 0 Å². The number of sulfonamides is 1. The third-order valence-corrected chi connectivity index (χ3v) is 5.41. The van der Waals surface area contributed by atoms with Gasteiger partial charge in [-0.1, -0.05) is 39.0 Å². The van der Waals surface area contributed by atoms with E-state index in [0.717, 1.165) is 18.4 Å². The number of benzene rings is 2. The number of carbonyl (C=O) groups is 1. The third-order valence-electron chi connectivity index (χ3n) is 4.03. The molecule has 0 saturated carbocycles. The second-order valence-corrected chi connectivity index (χ2v) is 8.30. The molecule has 0 aliphatic carbocycles. The van der Waals surface area contributed by atoms with Crippen LogP contribution in [0.4, 0.5) is 5.69 Å². The molecule has 0 heterocycles. The minimum Gasteiger partial charge on any atom is -0.352 e. The zero-order chi connectivity index (χ0) is 19.2. The van der Waals surface area contributed by atoms with E-state index in [1.807, 2.05) is 19.1 Å². The van der Waals surface area contributed by atoms with E-state index in [0.29, 0.717) is 23.7 Å². The maximum atomic E-state index is 12.6. The van der Waals surface area contributed by atoms with Gasteiger partial charge >= 0.3 is 0 Å². The van der Waals surface area contributed by atoms with Crippen molar-refractivity contribution in [3.05, 3.63) is 59.7 Å². The Morgan fingerprint density at radius 2 is 1.77 bits per heavy atom. The number of rotatable bonds is 8. The van der Waals surface area contributed by atoms with E-state index in [1.54, 1.807) is 24.3 Å². The molecule has 0 bridgehead atoms. The number of aryl methyl sites for hydroxylation is 1. The second-order valence-electron chi connectivity index (χ2n) is 6.62. The summed E-state index contributed by atoms with van der Waals surface area (Å²) in [5.74, 6) is 0.223. The van der Waals surface area contributed by atoms with E-state index in [2.05, 4.69) is 23.9 Å². The molecule has 2 N–H and O–H groups in total. The Hall–Kier alpha value is -2.34. The fourth-order valence-corrected chi connectivity index (χ4v) is 3.51. The van der Waals surface area contributed by atoms with Gasteiger partial charge in [0.05, 0.1) is 4.90 Å². The molecule has 0 spiro atoms. The van der Waals surface area contributed by atoms with Crippen LogP contribution in [0.15, 0.2) is 53.4 Å². The van der Waals surface area contributed by atoms with Gasteiger partial charge in [0, 0.05) is 17.8 Å². The van der Waals surface area contributed by atoms with Crippen molar-refractivity contribution in [3.63, 3.8) is 0 Å². The summed E-state index contributed by atoms with van der Waals surface area (Å²) >= 11 is 0. The first-order chi connectivity index (χ1) is 12.3. The Morgan fingerprint density at radius 3 is 2.38 bits per heavy atom. The van der Waals surface area contributed by atoms with Gasteiger partial charge in [0.15, 0.2) is 0 Å². The van der Waals surface area contributed by atoms with Crippen LogP contribution in [-0.4, -0.2) is 20.9 Å². The molecule has 2 rings (SSSR count). The Morgan fingerprint density at radius 1 is 1.08 bits per heavy atom. The largest absolute Gasteiger partial charge is 0.352 e. The van der Waals surface area contributed by atoms with Crippen LogP contribution >= 0.6 is 0 Å². The summed E-state index contributed by atoms with van der Waals surface area (Å²) in [5.41, 5.74) is 1.96. The minimum absolute atomic E-state index is 0.0635. The maximum Gasteiger partial charge on any atom is 0.261 e. The molecular formula is C20H26N2O3S. The highest BCUT2D eigenvalue weighted by molar-refractivity contribution is 7.92. The molecule has 140 valence electrons. The molecule has 6 heteroatoms. The van der Waals surface area contributed by atoms with Crippen molar-refractivity contribution in [3.8, 4) is 0 Å². The molecule has 2 aromatic rings. The van der Waals surface area contributed by atoms with Crippen molar-refractivity contribution in [2.45, 2.75) is 38.5 Å². The van der Waals surface area contributed by atoms with Crippen LogP contribution < -0.4 is 10.0 Å². The number of anilines is 1. The zero-order valence-corrected chi connectivity index (χ0v) is 16.3. The standard InChI is InChI=1S/C20H26N2O3S/c1-4-16-8-10-18(11-9-16)22-26(24,25)19-7-5-6-17(14-19)20(23)21-13-12-15(2)3/h5-11,14-15,22H,4,12-13H2,1-3H3,(H,21,23). The molecule has 0 radical (unpaired) electrons. The monoisotopic (exact) mass is 374 g/mol. The molecule has 0 aromatic heterocycles. The molecular weight excluding hydrogens is 348 g/mol. The fourth-order valence-electron chi connectivity index (χ4n) is 2.40. The van der Waals surface area contributed by atoms with E-state index < -0.39 is 10.0 Å². The van der Waals surface area contributed by atoms with E-state index in [1.165, 1.54) is 12.1 Å². The number of hydrogen-bond acceptors (Lipinski definition) is 3. The summed E-state index contributed by atoms with van der Waals surface area (Å²) in [5, 5.41) is 2.82. The molecule has 0 saturated heterocycles. The SMILES string of the molecule is CCc1ccc(NS(=O)(=O)c2cccc(C(=O)NCCC(C)C)c2)cc1. The van der Waals surface area contributed by atoms with Crippen molar-refractivity contribution in [2.24, 2.45) is 5.92 Å². The average molecular weight is 375 g/mol. The molecule has 1 amide bonds. The second kappa shape index (κ2) is 8.85. The summed E-state index contributed by atoms with van der Waals surface area (Å²) in [6.45, 7) is 6.77. The van der Waals surface area contributed by atoms with Crippen LogP contribution in [0, 0.1) is 5.92 Å². The predicted molar refractivity (Wildman–Crippen MR) is 105 cm³/mol. The summed E-state index contributed by atoms with van der Waals surface area (Å²) in [6.07, 6.45) is 1.76. The summed E-state index contributed by atoms with van der Waals surface area (Å²) in [4.78, 5) is 12.3. The lowest BCUT2D eigenvalue weighted by atomic mass is 10.1. The summed E-state index contributed by atoms with van der Waals surface area (Å²) in [7, 11) is -3.75. The van der Waals surface area contributed by atoms with Crippen LogP contribution in [0.3, 0.4) is 0 Å². The number of carbonyl (C=O) groups excluding carboxylic acids is 1. The molecule has 0 unspecified atom stereocenters. The maximum absolute atomic E-state index is 12.6. The normalized spacial score (nSPS) is 11.4. The Bertz CT molecular complexity index is 844. The molecule has 0 aliphatic rings. The Balaban J connectivity index is 2.12. The fraction of sp³-hybridized carbons (Fsp3) is 0.350. The lowest BCUT2D eigenvalue weighted by Crippen LogP contribution is -2.25. The average Bonchev–Trinajstić information content (AvgIpc) is 2.62. The molecule has 5 nitrogen and oxygen atoms in total. The first-order valence-electron chi connectivity index (χ1n) is 8.82. The van der Waals surface area contributed by atoms with Gasteiger partial charge in [0.1, 0.15) is 0 Å². The topological polar surface area (TPSA) is 75.3 Å². The van der Waals surface area contributed by atoms with Gasteiger partial charge in [-0.3, -0.25) is 9.52 Å². The first kappa shape index (κ1) is 20.0. The third kappa shape index (κ3) is 5.59. The van der Waals surface area contributed by atoms with Crippen molar-refractivity contribution < 1.29 is 13.2 Å². The Labute approximate surface area is 155 Å². The predicted octanol–water partition coefficient (Wildman–Crippen LogP) is 3.83. The van der Waals surface area contributed by atoms with Gasteiger partial charge in [-0.15, -0.1) is 0 Å². The number of nitrogens with one attached hydrogen (secondary N) is 2.